The van der Waals surface area contributed by atoms with E-state index in [1.807, 2.05) is 48.5 Å². The van der Waals surface area contributed by atoms with Gasteiger partial charge in [-0.05, 0) is 78.3 Å². The number of hydrogen-bond donors (Lipinski definition) is 0. The fourth-order valence-electron chi connectivity index (χ4n) is 8.08. The molecule has 2 saturated carbocycles. The minimum Gasteiger partial charge on any atom is -0.274 e. The Hall–Kier alpha value is -3.80. The molecule has 2 aromatic rings. The van der Waals surface area contributed by atoms with Crippen LogP contribution in [0.15, 0.2) is 72.8 Å². The molecule has 37 heavy (non-hydrogen) atoms. The molecule has 2 heterocycles. The molecule has 0 unspecified atom stereocenters. The number of amides is 4. The maximum atomic E-state index is 13.1. The summed E-state index contributed by atoms with van der Waals surface area (Å²) in [6.45, 7) is 0. The molecule has 4 bridgehead atoms. The predicted octanol–water partition coefficient (Wildman–Crippen LogP) is 3.90. The van der Waals surface area contributed by atoms with Gasteiger partial charge in [-0.15, -0.1) is 0 Å². The zero-order valence-corrected chi connectivity index (χ0v) is 20.2. The Morgan fingerprint density at radius 1 is 0.486 bits per heavy atom. The van der Waals surface area contributed by atoms with Crippen LogP contribution < -0.4 is 9.80 Å². The summed E-state index contributed by atoms with van der Waals surface area (Å²) in [5.74, 6) is -0.198. The van der Waals surface area contributed by atoms with Crippen molar-refractivity contribution < 1.29 is 19.2 Å². The molecular formula is C31H26N2O4. The lowest BCUT2D eigenvalue weighted by atomic mass is 9.85. The Balaban J connectivity index is 0.973. The molecule has 4 amide bonds. The highest BCUT2D eigenvalue weighted by Gasteiger charge is 2.60. The maximum absolute atomic E-state index is 13.1. The summed E-state index contributed by atoms with van der Waals surface area (Å²) in [4.78, 5) is 55.1. The minimum atomic E-state index is -0.193. The Bertz CT molecular complexity index is 1270. The van der Waals surface area contributed by atoms with Gasteiger partial charge in [0.2, 0.25) is 23.6 Å². The number of allylic oxidation sites excluding steroid dienone is 4. The van der Waals surface area contributed by atoms with Crippen LogP contribution in [0, 0.1) is 47.3 Å². The molecule has 4 aliphatic carbocycles. The smallest absolute Gasteiger partial charge is 0.238 e. The molecule has 0 spiro atoms. The molecular weight excluding hydrogens is 464 g/mol. The maximum Gasteiger partial charge on any atom is 0.238 e. The van der Waals surface area contributed by atoms with Gasteiger partial charge in [0.25, 0.3) is 0 Å². The second-order valence-electron chi connectivity index (χ2n) is 11.5. The average Bonchev–Trinajstić information content (AvgIpc) is 3.74. The van der Waals surface area contributed by atoms with Crippen molar-refractivity contribution in [3.8, 4) is 0 Å². The third-order valence-corrected chi connectivity index (χ3v) is 9.74. The third-order valence-electron chi connectivity index (χ3n) is 9.74. The zero-order valence-electron chi connectivity index (χ0n) is 20.2. The van der Waals surface area contributed by atoms with Gasteiger partial charge in [0.15, 0.2) is 0 Å². The molecule has 6 heteroatoms. The lowest BCUT2D eigenvalue weighted by Gasteiger charge is -2.18. The molecule has 4 fully saturated rings. The Morgan fingerprint density at radius 2 is 0.784 bits per heavy atom. The monoisotopic (exact) mass is 490 g/mol. The van der Waals surface area contributed by atoms with Crippen molar-refractivity contribution in [3.63, 3.8) is 0 Å². The molecule has 184 valence electrons. The molecule has 6 nitrogen and oxygen atoms in total. The van der Waals surface area contributed by atoms with Crippen LogP contribution in [0.2, 0.25) is 0 Å². The first-order chi connectivity index (χ1) is 18.0. The number of nitrogens with zero attached hydrogens (tertiary/aromatic N) is 2. The largest absolute Gasteiger partial charge is 0.274 e. The highest BCUT2D eigenvalue weighted by Crippen LogP contribution is 2.54. The summed E-state index contributed by atoms with van der Waals surface area (Å²) in [5.41, 5.74) is 3.40. The van der Waals surface area contributed by atoms with Gasteiger partial charge in [-0.3, -0.25) is 29.0 Å². The number of carbonyl (C=O) groups excluding carboxylic acids is 4. The van der Waals surface area contributed by atoms with Gasteiger partial charge in [0, 0.05) is 0 Å². The van der Waals surface area contributed by atoms with Crippen LogP contribution in [-0.2, 0) is 25.6 Å². The number of hydrogen-bond acceptors (Lipinski definition) is 4. The second-order valence-corrected chi connectivity index (χ2v) is 11.5. The van der Waals surface area contributed by atoms with Gasteiger partial charge in [0.05, 0.1) is 35.0 Å². The molecule has 0 N–H and O–H groups in total. The molecule has 6 aliphatic rings. The van der Waals surface area contributed by atoms with E-state index in [2.05, 4.69) is 24.3 Å². The van der Waals surface area contributed by atoms with E-state index in [1.165, 1.54) is 9.80 Å². The van der Waals surface area contributed by atoms with E-state index in [9.17, 15) is 19.2 Å². The van der Waals surface area contributed by atoms with E-state index in [0.717, 1.165) is 24.0 Å². The van der Waals surface area contributed by atoms with Crippen molar-refractivity contribution in [2.24, 2.45) is 47.3 Å². The Labute approximate surface area is 214 Å². The topological polar surface area (TPSA) is 74.8 Å². The van der Waals surface area contributed by atoms with Crippen molar-refractivity contribution in [2.75, 3.05) is 9.80 Å². The molecule has 2 saturated heterocycles. The summed E-state index contributed by atoms with van der Waals surface area (Å²) in [6, 6.07) is 15.3. The SMILES string of the molecule is O=C1[C@@H]2[C@H](C(=O)N1c1ccc(Cc3ccc(N4C(=O)[C@@H]5[C@H](C4=O)[C@H]4C=C[C@H]5C4)cc3)cc1)[C@H]1C=C[C@H]2C1. The molecule has 8 atom stereocenters. The lowest BCUT2D eigenvalue weighted by molar-refractivity contribution is -0.124. The second kappa shape index (κ2) is 7.37. The van der Waals surface area contributed by atoms with Gasteiger partial charge < -0.3 is 0 Å². The average molecular weight is 491 g/mol. The summed E-state index contributed by atoms with van der Waals surface area (Å²) < 4.78 is 0. The lowest BCUT2D eigenvalue weighted by Crippen LogP contribution is -2.32. The number of rotatable bonds is 4. The van der Waals surface area contributed by atoms with Crippen molar-refractivity contribution in [3.05, 3.63) is 84.0 Å². The van der Waals surface area contributed by atoms with Gasteiger partial charge in [-0.25, -0.2) is 0 Å². The molecule has 2 aromatic carbocycles. The number of benzene rings is 2. The highest BCUT2D eigenvalue weighted by molar-refractivity contribution is 6.23. The van der Waals surface area contributed by atoms with Crippen LogP contribution in [0.3, 0.4) is 0 Å². The van der Waals surface area contributed by atoms with Gasteiger partial charge in [-0.2, -0.15) is 0 Å². The number of fused-ring (bicyclic) bond motifs is 10. The summed E-state index contributed by atoms with van der Waals surface area (Å²) in [6.07, 6.45) is 11.0. The first kappa shape index (κ1) is 21.3. The van der Waals surface area contributed by atoms with Crippen molar-refractivity contribution in [2.45, 2.75) is 19.3 Å². The van der Waals surface area contributed by atoms with Crippen LogP contribution in [0.1, 0.15) is 24.0 Å². The minimum absolute atomic E-state index is 0.0610. The molecule has 0 radical (unpaired) electrons. The van der Waals surface area contributed by atoms with Crippen molar-refractivity contribution >= 4 is 35.0 Å². The Morgan fingerprint density at radius 3 is 1.08 bits per heavy atom. The standard InChI is InChI=1S/C31H26N2O4/c34-28-24-18-5-6-19(14-18)25(24)29(35)32(28)22-9-1-16(2-10-22)13-17-3-11-23(12-4-17)33-30(36)26-20-7-8-21(15-20)27(26)31(33)37/h1-12,18-21,24-27H,13-15H2/t18-,19-,20-,21-,24-,25+,26-,27+/m0/s1. The van der Waals surface area contributed by atoms with Gasteiger partial charge in [0.1, 0.15) is 0 Å². The summed E-state index contributed by atoms with van der Waals surface area (Å²) >= 11 is 0. The predicted molar refractivity (Wildman–Crippen MR) is 136 cm³/mol. The van der Waals surface area contributed by atoms with E-state index >= 15 is 0 Å². The number of carbonyl (C=O) groups is 4. The number of anilines is 2. The molecule has 2 aliphatic heterocycles. The molecule has 8 rings (SSSR count). The summed E-state index contributed by atoms with van der Waals surface area (Å²) in [7, 11) is 0. The van der Waals surface area contributed by atoms with E-state index in [4.69, 9.17) is 0 Å². The Kier molecular flexibility index (Phi) is 4.24. The highest BCUT2D eigenvalue weighted by atomic mass is 16.2. The fourth-order valence-corrected chi connectivity index (χ4v) is 8.08. The number of imide groups is 2. The van der Waals surface area contributed by atoms with E-state index < -0.39 is 0 Å². The van der Waals surface area contributed by atoms with Crippen molar-refractivity contribution in [1.82, 2.24) is 0 Å². The van der Waals surface area contributed by atoms with Crippen LogP contribution in [0.25, 0.3) is 0 Å². The molecule has 0 aromatic heterocycles. The van der Waals surface area contributed by atoms with E-state index in [1.54, 1.807) is 0 Å². The van der Waals surface area contributed by atoms with Crippen molar-refractivity contribution in [1.29, 1.82) is 0 Å². The normalized spacial score (nSPS) is 36.4. The zero-order chi connectivity index (χ0) is 25.0. The van der Waals surface area contributed by atoms with Crippen LogP contribution >= 0.6 is 0 Å². The van der Waals surface area contributed by atoms with Crippen LogP contribution in [0.5, 0.6) is 0 Å². The van der Waals surface area contributed by atoms with E-state index in [0.29, 0.717) is 17.8 Å². The van der Waals surface area contributed by atoms with E-state index in [-0.39, 0.29) is 71.0 Å². The van der Waals surface area contributed by atoms with Gasteiger partial charge in [-0.1, -0.05) is 48.6 Å². The third kappa shape index (κ3) is 2.81. The first-order valence-corrected chi connectivity index (χ1v) is 13.3. The first-order valence-electron chi connectivity index (χ1n) is 13.3. The quantitative estimate of drug-likeness (QED) is 0.481. The fraction of sp³-hybridized carbons (Fsp3) is 0.355. The van der Waals surface area contributed by atoms with Gasteiger partial charge >= 0.3 is 0 Å². The summed E-state index contributed by atoms with van der Waals surface area (Å²) in [5, 5.41) is 0. The van der Waals surface area contributed by atoms with Crippen LogP contribution in [0.4, 0.5) is 11.4 Å². The van der Waals surface area contributed by atoms with Crippen LogP contribution in [-0.4, -0.2) is 23.6 Å².